The minimum absolute atomic E-state index is 0.291. The smallest absolute Gasteiger partial charge is 0.00757 e. The van der Waals surface area contributed by atoms with Gasteiger partial charge in [0.25, 0.3) is 0 Å². The number of rotatable bonds is 7. The van der Waals surface area contributed by atoms with E-state index in [0.29, 0.717) is 5.41 Å². The molecule has 0 radical (unpaired) electrons. The number of hydrogen-bond acceptors (Lipinski definition) is 0. The zero-order valence-electron chi connectivity index (χ0n) is 9.97. The molecule has 0 rings (SSSR count). The van der Waals surface area contributed by atoms with Crippen LogP contribution in [0.3, 0.4) is 0 Å². The highest BCUT2D eigenvalue weighted by atomic mass is 14.3. The fourth-order valence-electron chi connectivity index (χ4n) is 2.16. The van der Waals surface area contributed by atoms with E-state index in [0.717, 1.165) is 0 Å². The van der Waals surface area contributed by atoms with Gasteiger partial charge in [-0.2, -0.15) is 0 Å². The quantitative estimate of drug-likeness (QED) is 0.504. The van der Waals surface area contributed by atoms with E-state index in [4.69, 9.17) is 0 Å². The molecule has 0 atom stereocenters. The molecule has 0 N–H and O–H groups in total. The van der Waals surface area contributed by atoms with Crippen molar-refractivity contribution in [2.45, 2.75) is 46.5 Å². The van der Waals surface area contributed by atoms with Crippen molar-refractivity contribution in [1.29, 1.82) is 0 Å². The normalized spacial score (nSPS) is 12.6. The average Bonchev–Trinajstić information content (AvgIpc) is 2.14. The molecular formula is C14H24. The van der Waals surface area contributed by atoms with Crippen molar-refractivity contribution in [3.63, 3.8) is 0 Å². The van der Waals surface area contributed by atoms with Crippen molar-refractivity contribution >= 4 is 0 Å². The van der Waals surface area contributed by atoms with Crippen LogP contribution in [0.2, 0.25) is 0 Å². The highest BCUT2D eigenvalue weighted by molar-refractivity contribution is 5.28. The molecule has 0 aliphatic rings. The van der Waals surface area contributed by atoms with Crippen LogP contribution in [0.1, 0.15) is 46.5 Å². The van der Waals surface area contributed by atoms with Crippen LogP contribution >= 0.6 is 0 Å². The summed E-state index contributed by atoms with van der Waals surface area (Å²) >= 11 is 0. The van der Waals surface area contributed by atoms with E-state index in [2.05, 4.69) is 40.0 Å². The Kier molecular flexibility index (Phi) is 6.27. The van der Waals surface area contributed by atoms with Crippen LogP contribution in [0, 0.1) is 5.41 Å². The van der Waals surface area contributed by atoms with Gasteiger partial charge in [0, 0.05) is 0 Å². The van der Waals surface area contributed by atoms with Crippen LogP contribution in [-0.2, 0) is 0 Å². The lowest BCUT2D eigenvalue weighted by Gasteiger charge is -2.30. The van der Waals surface area contributed by atoms with Gasteiger partial charge in [-0.3, -0.25) is 0 Å². The van der Waals surface area contributed by atoms with Gasteiger partial charge in [-0.25, -0.2) is 0 Å². The first-order valence-electron chi connectivity index (χ1n) is 5.60. The maximum atomic E-state index is 3.89. The van der Waals surface area contributed by atoms with E-state index in [-0.39, 0.29) is 0 Å². The maximum absolute atomic E-state index is 3.89. The lowest BCUT2D eigenvalue weighted by molar-refractivity contribution is 0.336. The lowest BCUT2D eigenvalue weighted by Crippen LogP contribution is -2.17. The minimum Gasteiger partial charge on any atom is -0.0991 e. The molecule has 0 amide bonds. The highest BCUT2D eigenvalue weighted by Crippen LogP contribution is 2.37. The van der Waals surface area contributed by atoms with Gasteiger partial charge >= 0.3 is 0 Å². The number of hydrogen-bond donors (Lipinski definition) is 0. The van der Waals surface area contributed by atoms with Gasteiger partial charge in [-0.05, 0) is 23.8 Å². The van der Waals surface area contributed by atoms with Gasteiger partial charge in [0.05, 0.1) is 0 Å². The molecule has 14 heavy (non-hydrogen) atoms. The summed E-state index contributed by atoms with van der Waals surface area (Å²) in [7, 11) is 0. The minimum atomic E-state index is 0.291. The first-order valence-corrected chi connectivity index (χ1v) is 5.60. The standard InChI is InChI=1S/C14H24/c1-6-10-13(9-4)14(5,11-7-2)12-8-3/h6,9-10H,1,4,7-8,11-12H2,2-3,5H3/b13-10+. The van der Waals surface area contributed by atoms with E-state index >= 15 is 0 Å². The van der Waals surface area contributed by atoms with Crippen molar-refractivity contribution in [3.05, 3.63) is 37.0 Å². The zero-order chi connectivity index (χ0) is 11.0. The predicted molar refractivity (Wildman–Crippen MR) is 66.4 cm³/mol. The second-order valence-electron chi connectivity index (χ2n) is 4.12. The van der Waals surface area contributed by atoms with Gasteiger partial charge in [0.2, 0.25) is 0 Å². The molecule has 0 nitrogen and oxygen atoms in total. The molecule has 0 unspecified atom stereocenters. The van der Waals surface area contributed by atoms with E-state index in [1.807, 2.05) is 12.2 Å². The molecule has 0 aliphatic carbocycles. The van der Waals surface area contributed by atoms with Crippen LogP contribution in [0.15, 0.2) is 37.0 Å². The molecular weight excluding hydrogens is 168 g/mol. The van der Waals surface area contributed by atoms with Crippen molar-refractivity contribution in [2.75, 3.05) is 0 Å². The van der Waals surface area contributed by atoms with Crippen LogP contribution in [0.5, 0.6) is 0 Å². The molecule has 0 heterocycles. The third-order valence-electron chi connectivity index (χ3n) is 2.82. The summed E-state index contributed by atoms with van der Waals surface area (Å²) in [5.74, 6) is 0. The van der Waals surface area contributed by atoms with E-state index in [1.165, 1.54) is 31.3 Å². The first kappa shape index (κ1) is 13.2. The average molecular weight is 192 g/mol. The summed E-state index contributed by atoms with van der Waals surface area (Å²) in [6.45, 7) is 14.5. The van der Waals surface area contributed by atoms with Crippen LogP contribution in [0.25, 0.3) is 0 Å². The summed E-state index contributed by atoms with van der Waals surface area (Å²) in [6.07, 6.45) is 10.8. The monoisotopic (exact) mass is 192 g/mol. The van der Waals surface area contributed by atoms with Gasteiger partial charge in [0.1, 0.15) is 0 Å². The molecule has 0 saturated heterocycles. The Morgan fingerprint density at radius 2 is 1.64 bits per heavy atom. The summed E-state index contributed by atoms with van der Waals surface area (Å²) in [6, 6.07) is 0. The molecule has 0 spiro atoms. The molecule has 0 heteroatoms. The van der Waals surface area contributed by atoms with Gasteiger partial charge in [0.15, 0.2) is 0 Å². The molecule has 0 aromatic rings. The van der Waals surface area contributed by atoms with Crippen molar-refractivity contribution < 1.29 is 0 Å². The second-order valence-corrected chi connectivity index (χ2v) is 4.12. The second kappa shape index (κ2) is 6.64. The molecule has 80 valence electrons. The topological polar surface area (TPSA) is 0 Å². The first-order chi connectivity index (χ1) is 6.64. The van der Waals surface area contributed by atoms with Crippen molar-refractivity contribution in [1.82, 2.24) is 0 Å². The predicted octanol–water partition coefficient (Wildman–Crippen LogP) is 4.89. The van der Waals surface area contributed by atoms with Crippen molar-refractivity contribution in [3.8, 4) is 0 Å². The maximum Gasteiger partial charge on any atom is -0.00757 e. The Morgan fingerprint density at radius 1 is 1.14 bits per heavy atom. The Bertz CT molecular complexity index is 202. The van der Waals surface area contributed by atoms with Gasteiger partial charge in [-0.15, -0.1) is 0 Å². The van der Waals surface area contributed by atoms with Crippen LogP contribution in [0.4, 0.5) is 0 Å². The Labute approximate surface area is 89.4 Å². The SMILES string of the molecule is C=C/C=C(\C=C)C(C)(CCC)CCC. The Hall–Kier alpha value is -0.780. The molecule has 0 aliphatic heterocycles. The fourth-order valence-corrected chi connectivity index (χ4v) is 2.16. The Morgan fingerprint density at radius 3 is 1.93 bits per heavy atom. The van der Waals surface area contributed by atoms with E-state index < -0.39 is 0 Å². The molecule has 0 fully saturated rings. The molecule has 0 aromatic heterocycles. The Balaban J connectivity index is 4.83. The number of allylic oxidation sites excluding steroid dienone is 4. The molecule has 0 saturated carbocycles. The largest absolute Gasteiger partial charge is 0.0991 e. The lowest BCUT2D eigenvalue weighted by atomic mass is 9.74. The summed E-state index contributed by atoms with van der Waals surface area (Å²) in [5, 5.41) is 0. The third-order valence-corrected chi connectivity index (χ3v) is 2.82. The molecule has 0 bridgehead atoms. The van der Waals surface area contributed by atoms with Crippen LogP contribution in [-0.4, -0.2) is 0 Å². The van der Waals surface area contributed by atoms with E-state index in [1.54, 1.807) is 0 Å². The molecule has 0 aromatic carbocycles. The summed E-state index contributed by atoms with van der Waals surface area (Å²) < 4.78 is 0. The van der Waals surface area contributed by atoms with Gasteiger partial charge < -0.3 is 0 Å². The zero-order valence-corrected chi connectivity index (χ0v) is 9.97. The van der Waals surface area contributed by atoms with Crippen LogP contribution < -0.4 is 0 Å². The summed E-state index contributed by atoms with van der Waals surface area (Å²) in [4.78, 5) is 0. The van der Waals surface area contributed by atoms with E-state index in [9.17, 15) is 0 Å². The van der Waals surface area contributed by atoms with Gasteiger partial charge in [-0.1, -0.05) is 65.0 Å². The van der Waals surface area contributed by atoms with Crippen molar-refractivity contribution in [2.24, 2.45) is 5.41 Å². The highest BCUT2D eigenvalue weighted by Gasteiger charge is 2.24. The summed E-state index contributed by atoms with van der Waals surface area (Å²) in [5.41, 5.74) is 1.62. The fraction of sp³-hybridized carbons (Fsp3) is 0.571. The third kappa shape index (κ3) is 3.53.